The van der Waals surface area contributed by atoms with Gasteiger partial charge >= 0.3 is 0 Å². The first kappa shape index (κ1) is 15.4. The molecule has 0 bridgehead atoms. The molecule has 120 valence electrons. The number of H-pyrrole nitrogens is 1. The van der Waals surface area contributed by atoms with Gasteiger partial charge in [0.2, 0.25) is 5.56 Å². The van der Waals surface area contributed by atoms with Gasteiger partial charge in [-0.2, -0.15) is 0 Å². The van der Waals surface area contributed by atoms with E-state index in [-0.39, 0.29) is 5.56 Å². The lowest BCUT2D eigenvalue weighted by Crippen LogP contribution is -2.41. The van der Waals surface area contributed by atoms with E-state index in [0.29, 0.717) is 6.04 Å². The molecule has 0 amide bonds. The summed E-state index contributed by atoms with van der Waals surface area (Å²) in [6.07, 6.45) is 7.72. The second-order valence-corrected chi connectivity index (χ2v) is 5.73. The average Bonchev–Trinajstić information content (AvgIpc) is 2.62. The van der Waals surface area contributed by atoms with Crippen LogP contribution in [-0.4, -0.2) is 41.4 Å². The number of nitrogens with one attached hydrogen (secondary N) is 2. The second-order valence-electron chi connectivity index (χ2n) is 5.73. The van der Waals surface area contributed by atoms with Crippen LogP contribution < -0.4 is 15.8 Å². The molecule has 2 aromatic heterocycles. The number of hydrogen-bond acceptors (Lipinski definition) is 5. The monoisotopic (exact) mass is 311 g/mol. The molecule has 0 radical (unpaired) electrons. The van der Waals surface area contributed by atoms with E-state index in [1.165, 1.54) is 6.07 Å². The summed E-state index contributed by atoms with van der Waals surface area (Å²) in [7, 11) is 2.08. The number of aromatic nitrogens is 3. The molecule has 6 heteroatoms. The predicted octanol–water partition coefficient (Wildman–Crippen LogP) is 1.52. The van der Waals surface area contributed by atoms with E-state index in [9.17, 15) is 4.79 Å². The number of aromatic amines is 1. The highest BCUT2D eigenvalue weighted by Crippen LogP contribution is 2.17. The van der Waals surface area contributed by atoms with Gasteiger partial charge in [-0.05, 0) is 55.8 Å². The SMILES string of the molecule is CN(c1ccc(C=Cc2ccc(=O)[nH]c2)nn1)C1CCNCC1. The number of nitrogens with zero attached hydrogens (tertiary/aromatic N) is 3. The second kappa shape index (κ2) is 7.19. The Morgan fingerprint density at radius 3 is 2.61 bits per heavy atom. The number of rotatable bonds is 4. The molecule has 0 unspecified atom stereocenters. The Labute approximate surface area is 135 Å². The van der Waals surface area contributed by atoms with Crippen LogP contribution in [0.4, 0.5) is 5.82 Å². The van der Waals surface area contributed by atoms with Crippen LogP contribution >= 0.6 is 0 Å². The molecule has 1 aliphatic rings. The Morgan fingerprint density at radius 1 is 1.13 bits per heavy atom. The molecular weight excluding hydrogens is 290 g/mol. The lowest BCUT2D eigenvalue weighted by Gasteiger charge is -2.32. The van der Waals surface area contributed by atoms with Gasteiger partial charge in [-0.25, -0.2) is 0 Å². The van der Waals surface area contributed by atoms with Crippen LogP contribution in [0, 0.1) is 0 Å². The Hall–Kier alpha value is -2.47. The van der Waals surface area contributed by atoms with Gasteiger partial charge in [0, 0.05) is 25.4 Å². The third kappa shape index (κ3) is 4.04. The van der Waals surface area contributed by atoms with Crippen molar-refractivity contribution in [2.45, 2.75) is 18.9 Å². The summed E-state index contributed by atoms with van der Waals surface area (Å²) < 4.78 is 0. The lowest BCUT2D eigenvalue weighted by molar-refractivity contribution is 0.441. The summed E-state index contributed by atoms with van der Waals surface area (Å²) in [5.41, 5.74) is 1.60. The Morgan fingerprint density at radius 2 is 1.96 bits per heavy atom. The molecule has 2 aromatic rings. The molecule has 0 atom stereocenters. The fraction of sp³-hybridized carbons (Fsp3) is 0.353. The molecule has 23 heavy (non-hydrogen) atoms. The topological polar surface area (TPSA) is 73.9 Å². The van der Waals surface area contributed by atoms with Crippen molar-refractivity contribution >= 4 is 18.0 Å². The molecule has 0 aliphatic carbocycles. The maximum Gasteiger partial charge on any atom is 0.247 e. The van der Waals surface area contributed by atoms with Crippen molar-refractivity contribution in [3.63, 3.8) is 0 Å². The van der Waals surface area contributed by atoms with E-state index in [2.05, 4.69) is 32.4 Å². The zero-order valence-electron chi connectivity index (χ0n) is 13.2. The summed E-state index contributed by atoms with van der Waals surface area (Å²) in [5.74, 6) is 0.901. The van der Waals surface area contributed by atoms with E-state index >= 15 is 0 Å². The fourth-order valence-electron chi connectivity index (χ4n) is 2.70. The van der Waals surface area contributed by atoms with Crippen LogP contribution in [0.3, 0.4) is 0 Å². The normalized spacial score (nSPS) is 15.9. The van der Waals surface area contributed by atoms with Gasteiger partial charge < -0.3 is 15.2 Å². The maximum atomic E-state index is 11.0. The van der Waals surface area contributed by atoms with Gasteiger partial charge in [0.05, 0.1) is 5.69 Å². The van der Waals surface area contributed by atoms with Crippen molar-refractivity contribution in [3.05, 3.63) is 52.1 Å². The highest BCUT2D eigenvalue weighted by atomic mass is 16.1. The molecule has 3 heterocycles. The Balaban J connectivity index is 1.66. The van der Waals surface area contributed by atoms with Crippen molar-refractivity contribution in [2.75, 3.05) is 25.0 Å². The van der Waals surface area contributed by atoms with Gasteiger partial charge in [-0.1, -0.05) is 6.08 Å². The standard InChI is InChI=1S/C17H21N5O/c1-22(15-8-10-18-11-9-15)16-6-5-14(20-21-16)4-2-13-3-7-17(23)19-12-13/h2-7,12,15,18H,8-11H2,1H3,(H,19,23). The molecule has 6 nitrogen and oxygen atoms in total. The molecule has 1 fully saturated rings. The quantitative estimate of drug-likeness (QED) is 0.895. The minimum absolute atomic E-state index is 0.104. The number of piperidine rings is 1. The van der Waals surface area contributed by atoms with Crippen LogP contribution in [0.2, 0.25) is 0 Å². The summed E-state index contributed by atoms with van der Waals surface area (Å²) >= 11 is 0. The molecule has 0 saturated carbocycles. The molecule has 3 rings (SSSR count). The van der Waals surface area contributed by atoms with E-state index < -0.39 is 0 Å². The zero-order chi connectivity index (χ0) is 16.1. The first-order chi connectivity index (χ1) is 11.2. The molecule has 1 aliphatic heterocycles. The minimum atomic E-state index is -0.104. The van der Waals surface area contributed by atoms with Crippen molar-refractivity contribution in [1.29, 1.82) is 0 Å². The first-order valence-corrected chi connectivity index (χ1v) is 7.86. The number of anilines is 1. The van der Waals surface area contributed by atoms with Gasteiger partial charge in [-0.3, -0.25) is 4.79 Å². The van der Waals surface area contributed by atoms with Crippen LogP contribution in [0.5, 0.6) is 0 Å². The predicted molar refractivity (Wildman–Crippen MR) is 92.3 cm³/mol. The number of pyridine rings is 1. The Bertz CT molecular complexity index is 696. The minimum Gasteiger partial charge on any atom is -0.355 e. The van der Waals surface area contributed by atoms with Crippen molar-refractivity contribution in [2.24, 2.45) is 0 Å². The van der Waals surface area contributed by atoms with E-state index in [1.54, 1.807) is 12.3 Å². The van der Waals surface area contributed by atoms with E-state index in [4.69, 9.17) is 0 Å². The summed E-state index contributed by atoms with van der Waals surface area (Å²) in [5, 5.41) is 12.0. The summed E-state index contributed by atoms with van der Waals surface area (Å²) in [6.45, 7) is 2.12. The van der Waals surface area contributed by atoms with Crippen molar-refractivity contribution in [1.82, 2.24) is 20.5 Å². The largest absolute Gasteiger partial charge is 0.355 e. The van der Waals surface area contributed by atoms with Crippen LogP contribution in [0.15, 0.2) is 35.3 Å². The van der Waals surface area contributed by atoms with Gasteiger partial charge in [0.25, 0.3) is 0 Å². The van der Waals surface area contributed by atoms with Gasteiger partial charge in [0.1, 0.15) is 0 Å². The third-order valence-electron chi connectivity index (χ3n) is 4.14. The zero-order valence-corrected chi connectivity index (χ0v) is 13.2. The highest BCUT2D eigenvalue weighted by Gasteiger charge is 2.18. The number of hydrogen-bond donors (Lipinski definition) is 2. The molecule has 1 saturated heterocycles. The maximum absolute atomic E-state index is 11.0. The third-order valence-corrected chi connectivity index (χ3v) is 4.14. The van der Waals surface area contributed by atoms with E-state index in [1.807, 2.05) is 24.3 Å². The van der Waals surface area contributed by atoms with Crippen LogP contribution in [0.25, 0.3) is 12.2 Å². The van der Waals surface area contributed by atoms with Crippen molar-refractivity contribution in [3.8, 4) is 0 Å². The molecule has 0 aromatic carbocycles. The fourth-order valence-corrected chi connectivity index (χ4v) is 2.70. The van der Waals surface area contributed by atoms with Crippen molar-refractivity contribution < 1.29 is 0 Å². The first-order valence-electron chi connectivity index (χ1n) is 7.86. The molecule has 2 N–H and O–H groups in total. The summed E-state index contributed by atoms with van der Waals surface area (Å²) in [4.78, 5) is 15.9. The molecular formula is C17H21N5O. The average molecular weight is 311 g/mol. The highest BCUT2D eigenvalue weighted by molar-refractivity contribution is 5.67. The summed E-state index contributed by atoms with van der Waals surface area (Å²) in [6, 6.07) is 7.75. The smallest absolute Gasteiger partial charge is 0.247 e. The van der Waals surface area contributed by atoms with Crippen LogP contribution in [0.1, 0.15) is 24.1 Å². The van der Waals surface area contributed by atoms with Gasteiger partial charge in [0.15, 0.2) is 5.82 Å². The van der Waals surface area contributed by atoms with E-state index in [0.717, 1.165) is 43.0 Å². The Kier molecular flexibility index (Phi) is 4.83. The molecule has 0 spiro atoms. The van der Waals surface area contributed by atoms with Crippen LogP contribution in [-0.2, 0) is 0 Å². The van der Waals surface area contributed by atoms with Gasteiger partial charge in [-0.15, -0.1) is 10.2 Å². The lowest BCUT2D eigenvalue weighted by atomic mass is 10.1.